The molecule has 5 nitrogen and oxygen atoms in total. The third-order valence-corrected chi connectivity index (χ3v) is 1.98. The van der Waals surface area contributed by atoms with E-state index in [1.807, 2.05) is 6.92 Å². The van der Waals surface area contributed by atoms with Crippen LogP contribution >= 0.6 is 0 Å². The zero-order valence-electron chi connectivity index (χ0n) is 8.47. The molecule has 0 spiro atoms. The van der Waals surface area contributed by atoms with Crippen LogP contribution in [-0.4, -0.2) is 23.2 Å². The van der Waals surface area contributed by atoms with Crippen LogP contribution in [0.5, 0.6) is 5.75 Å². The highest BCUT2D eigenvalue weighted by atomic mass is 16.6. The maximum Gasteiger partial charge on any atom is 0.311 e. The van der Waals surface area contributed by atoms with Gasteiger partial charge in [0.2, 0.25) is 0 Å². The van der Waals surface area contributed by atoms with Crippen LogP contribution in [0.25, 0.3) is 0 Å². The van der Waals surface area contributed by atoms with Gasteiger partial charge in [-0.15, -0.1) is 0 Å². The van der Waals surface area contributed by atoms with Crippen molar-refractivity contribution in [1.29, 1.82) is 0 Å². The Morgan fingerprint density at radius 3 is 2.80 bits per heavy atom. The van der Waals surface area contributed by atoms with Crippen molar-refractivity contribution in [2.24, 2.45) is 0 Å². The number of benzene rings is 1. The van der Waals surface area contributed by atoms with Crippen molar-refractivity contribution < 1.29 is 14.8 Å². The van der Waals surface area contributed by atoms with Gasteiger partial charge >= 0.3 is 5.69 Å². The highest BCUT2D eigenvalue weighted by Gasteiger charge is 2.15. The molecular formula is C10H13NO4. The fourth-order valence-electron chi connectivity index (χ4n) is 1.20. The molecule has 1 N–H and O–H groups in total. The molecule has 0 aliphatic heterocycles. The minimum absolute atomic E-state index is 0.0530. The average Bonchev–Trinajstić information content (AvgIpc) is 2.26. The van der Waals surface area contributed by atoms with Gasteiger partial charge in [-0.3, -0.25) is 10.1 Å². The monoisotopic (exact) mass is 211 g/mol. The van der Waals surface area contributed by atoms with E-state index in [4.69, 9.17) is 9.84 Å². The zero-order valence-corrected chi connectivity index (χ0v) is 8.47. The van der Waals surface area contributed by atoms with Crippen LogP contribution in [0.4, 0.5) is 5.69 Å². The van der Waals surface area contributed by atoms with Crippen molar-refractivity contribution in [3.8, 4) is 5.75 Å². The van der Waals surface area contributed by atoms with E-state index in [2.05, 4.69) is 0 Å². The van der Waals surface area contributed by atoms with Crippen molar-refractivity contribution in [2.45, 2.75) is 13.3 Å². The second-order valence-corrected chi connectivity index (χ2v) is 2.98. The normalized spacial score (nSPS) is 10.0. The maximum atomic E-state index is 10.7. The molecule has 0 radical (unpaired) electrons. The van der Waals surface area contributed by atoms with E-state index in [1.54, 1.807) is 12.1 Å². The molecule has 0 fully saturated rings. The Kier molecular flexibility index (Phi) is 4.05. The summed E-state index contributed by atoms with van der Waals surface area (Å²) in [6, 6.07) is 4.83. The summed E-state index contributed by atoms with van der Waals surface area (Å²) in [5.41, 5.74) is 0.834. The average molecular weight is 211 g/mol. The van der Waals surface area contributed by atoms with Crippen molar-refractivity contribution in [1.82, 2.24) is 0 Å². The lowest BCUT2D eigenvalue weighted by Crippen LogP contribution is -2.04. The summed E-state index contributed by atoms with van der Waals surface area (Å²) >= 11 is 0. The predicted octanol–water partition coefficient (Wildman–Crippen LogP) is 1.53. The van der Waals surface area contributed by atoms with Crippen molar-refractivity contribution in [2.75, 3.05) is 13.2 Å². The van der Waals surface area contributed by atoms with E-state index in [-0.39, 0.29) is 24.7 Å². The van der Waals surface area contributed by atoms with Crippen LogP contribution < -0.4 is 4.74 Å². The van der Waals surface area contributed by atoms with Gasteiger partial charge in [-0.05, 0) is 18.1 Å². The minimum Gasteiger partial charge on any atom is -0.484 e. The Bertz CT molecular complexity index is 351. The molecule has 0 aromatic heterocycles. The van der Waals surface area contributed by atoms with Crippen LogP contribution in [0.2, 0.25) is 0 Å². The molecule has 1 aromatic carbocycles. The van der Waals surface area contributed by atoms with Crippen LogP contribution in [0.1, 0.15) is 12.5 Å². The lowest BCUT2D eigenvalue weighted by atomic mass is 10.1. The lowest BCUT2D eigenvalue weighted by Gasteiger charge is -2.05. The summed E-state index contributed by atoms with van der Waals surface area (Å²) in [6.45, 7) is 1.83. The Labute approximate surface area is 87.5 Å². The van der Waals surface area contributed by atoms with E-state index in [0.29, 0.717) is 0 Å². The molecule has 1 aromatic rings. The van der Waals surface area contributed by atoms with Gasteiger partial charge in [0.1, 0.15) is 6.61 Å². The summed E-state index contributed by atoms with van der Waals surface area (Å²) in [4.78, 5) is 10.2. The van der Waals surface area contributed by atoms with Crippen molar-refractivity contribution >= 4 is 5.69 Å². The Morgan fingerprint density at radius 1 is 1.53 bits per heavy atom. The molecule has 0 saturated carbocycles. The lowest BCUT2D eigenvalue weighted by molar-refractivity contribution is -0.385. The van der Waals surface area contributed by atoms with Crippen molar-refractivity contribution in [3.05, 3.63) is 33.9 Å². The van der Waals surface area contributed by atoms with Gasteiger partial charge in [0.05, 0.1) is 11.5 Å². The first-order chi connectivity index (χ1) is 7.19. The van der Waals surface area contributed by atoms with Gasteiger partial charge in [0, 0.05) is 6.07 Å². The number of nitro benzene ring substituents is 1. The highest BCUT2D eigenvalue weighted by Crippen LogP contribution is 2.27. The molecule has 0 aliphatic carbocycles. The predicted molar refractivity (Wildman–Crippen MR) is 55.1 cm³/mol. The first kappa shape index (κ1) is 11.5. The quantitative estimate of drug-likeness (QED) is 0.592. The van der Waals surface area contributed by atoms with Gasteiger partial charge < -0.3 is 9.84 Å². The molecule has 0 bridgehead atoms. The molecule has 15 heavy (non-hydrogen) atoms. The zero-order chi connectivity index (χ0) is 11.3. The summed E-state index contributed by atoms with van der Waals surface area (Å²) in [7, 11) is 0. The molecule has 0 atom stereocenters. The molecule has 0 heterocycles. The molecule has 82 valence electrons. The molecule has 1 rings (SSSR count). The van der Waals surface area contributed by atoms with Crippen LogP contribution in [0, 0.1) is 10.1 Å². The first-order valence-corrected chi connectivity index (χ1v) is 4.70. The topological polar surface area (TPSA) is 72.6 Å². The standard InChI is InChI=1S/C10H13NO4/c1-2-8-3-4-10(15-6-5-12)9(7-8)11(13)14/h3-4,7,12H,2,5-6H2,1H3. The molecule has 0 unspecified atom stereocenters. The van der Waals surface area contributed by atoms with Crippen LogP contribution in [0.3, 0.4) is 0 Å². The largest absolute Gasteiger partial charge is 0.484 e. The summed E-state index contributed by atoms with van der Waals surface area (Å²) < 4.78 is 5.06. The number of hydrogen-bond acceptors (Lipinski definition) is 4. The van der Waals surface area contributed by atoms with Gasteiger partial charge in [-0.1, -0.05) is 13.0 Å². The number of aryl methyl sites for hydroxylation is 1. The number of rotatable bonds is 5. The molecule has 5 heteroatoms. The van der Waals surface area contributed by atoms with E-state index < -0.39 is 4.92 Å². The van der Waals surface area contributed by atoms with Gasteiger partial charge in [-0.25, -0.2) is 0 Å². The molecular weight excluding hydrogens is 198 g/mol. The van der Waals surface area contributed by atoms with E-state index >= 15 is 0 Å². The highest BCUT2D eigenvalue weighted by molar-refractivity contribution is 5.48. The second kappa shape index (κ2) is 5.31. The number of nitrogens with zero attached hydrogens (tertiary/aromatic N) is 1. The SMILES string of the molecule is CCc1ccc(OCCO)c([N+](=O)[O-])c1. The van der Waals surface area contributed by atoms with E-state index in [0.717, 1.165) is 12.0 Å². The summed E-state index contributed by atoms with van der Waals surface area (Å²) in [6.07, 6.45) is 0.737. The first-order valence-electron chi connectivity index (χ1n) is 4.70. The number of nitro groups is 1. The number of aliphatic hydroxyl groups excluding tert-OH is 1. The summed E-state index contributed by atoms with van der Waals surface area (Å²) in [5.74, 6) is 0.200. The van der Waals surface area contributed by atoms with E-state index in [1.165, 1.54) is 6.07 Å². The smallest absolute Gasteiger partial charge is 0.311 e. The fraction of sp³-hybridized carbons (Fsp3) is 0.400. The third kappa shape index (κ3) is 2.92. The van der Waals surface area contributed by atoms with Gasteiger partial charge in [0.15, 0.2) is 5.75 Å². The minimum atomic E-state index is -0.480. The Hall–Kier alpha value is -1.62. The summed E-state index contributed by atoms with van der Waals surface area (Å²) in [5, 5.41) is 19.3. The van der Waals surface area contributed by atoms with Gasteiger partial charge in [-0.2, -0.15) is 0 Å². The molecule has 0 aliphatic rings. The number of aliphatic hydroxyl groups is 1. The Balaban J connectivity index is 2.98. The fourth-order valence-corrected chi connectivity index (χ4v) is 1.20. The van der Waals surface area contributed by atoms with Gasteiger partial charge in [0.25, 0.3) is 0 Å². The second-order valence-electron chi connectivity index (χ2n) is 2.98. The maximum absolute atomic E-state index is 10.7. The van der Waals surface area contributed by atoms with E-state index in [9.17, 15) is 10.1 Å². The number of hydrogen-bond donors (Lipinski definition) is 1. The van der Waals surface area contributed by atoms with Crippen LogP contribution in [0.15, 0.2) is 18.2 Å². The molecule has 0 saturated heterocycles. The van der Waals surface area contributed by atoms with Crippen LogP contribution in [-0.2, 0) is 6.42 Å². The third-order valence-electron chi connectivity index (χ3n) is 1.98. The Morgan fingerprint density at radius 2 is 2.27 bits per heavy atom. The molecule has 0 amide bonds. The van der Waals surface area contributed by atoms with Crippen molar-refractivity contribution in [3.63, 3.8) is 0 Å². The number of ether oxygens (including phenoxy) is 1.